The van der Waals surface area contributed by atoms with Crippen LogP contribution in [-0.4, -0.2) is 17.6 Å². The highest BCUT2D eigenvalue weighted by molar-refractivity contribution is 7.08. The lowest BCUT2D eigenvalue weighted by molar-refractivity contribution is 0.0527. The summed E-state index contributed by atoms with van der Waals surface area (Å²) in [5, 5.41) is 17.2. The summed E-state index contributed by atoms with van der Waals surface area (Å²) in [6.45, 7) is -0.135. The van der Waals surface area contributed by atoms with E-state index < -0.39 is 17.3 Å². The summed E-state index contributed by atoms with van der Waals surface area (Å²) in [5.41, 5.74) is -0.976. The largest absolute Gasteiger partial charge is 0.466 e. The molecule has 23 heavy (non-hydrogen) atoms. The van der Waals surface area contributed by atoms with E-state index in [1.807, 2.05) is 5.38 Å². The van der Waals surface area contributed by atoms with Gasteiger partial charge in [0.1, 0.15) is 11.6 Å². The van der Waals surface area contributed by atoms with Crippen molar-refractivity contribution in [3.63, 3.8) is 0 Å². The van der Waals surface area contributed by atoms with Gasteiger partial charge >= 0.3 is 0 Å². The second kappa shape index (κ2) is 6.36. The third-order valence-electron chi connectivity index (χ3n) is 3.55. The summed E-state index contributed by atoms with van der Waals surface area (Å²) in [4.78, 5) is 12.2. The smallest absolute Gasteiger partial charge is 0.254 e. The first-order valence-corrected chi connectivity index (χ1v) is 7.87. The predicted molar refractivity (Wildman–Crippen MR) is 84.8 cm³/mol. The molecular weight excluding hydrogens is 317 g/mol. The summed E-state index contributed by atoms with van der Waals surface area (Å²) in [6, 6.07) is 10.7. The average Bonchev–Trinajstić information content (AvgIpc) is 3.25. The molecule has 0 unspecified atom stereocenters. The first-order valence-electron chi connectivity index (χ1n) is 6.93. The summed E-state index contributed by atoms with van der Waals surface area (Å²) in [7, 11) is 0. The summed E-state index contributed by atoms with van der Waals surface area (Å²) >= 11 is 1.42. The van der Waals surface area contributed by atoms with Gasteiger partial charge in [-0.25, -0.2) is 4.39 Å². The number of amides is 1. The number of thiophene rings is 1. The van der Waals surface area contributed by atoms with E-state index in [1.54, 1.807) is 29.6 Å². The van der Waals surface area contributed by atoms with Gasteiger partial charge in [-0.1, -0.05) is 12.1 Å². The van der Waals surface area contributed by atoms with Crippen LogP contribution in [0.3, 0.4) is 0 Å². The topological polar surface area (TPSA) is 62.5 Å². The Morgan fingerprint density at radius 2 is 2.09 bits per heavy atom. The lowest BCUT2D eigenvalue weighted by Crippen LogP contribution is -2.41. The van der Waals surface area contributed by atoms with Crippen LogP contribution < -0.4 is 5.32 Å². The van der Waals surface area contributed by atoms with E-state index in [-0.39, 0.29) is 12.1 Å². The van der Waals surface area contributed by atoms with Crippen molar-refractivity contribution < 1.29 is 18.7 Å². The Labute approximate surface area is 136 Å². The molecule has 0 saturated heterocycles. The lowest BCUT2D eigenvalue weighted by Gasteiger charge is -2.25. The van der Waals surface area contributed by atoms with E-state index in [2.05, 4.69) is 5.32 Å². The average molecular weight is 331 g/mol. The molecule has 3 rings (SSSR count). The Bertz CT molecular complexity index is 750. The van der Waals surface area contributed by atoms with Crippen LogP contribution in [0.1, 0.15) is 21.7 Å². The molecule has 0 aliphatic rings. The first kappa shape index (κ1) is 15.5. The second-order valence-corrected chi connectivity index (χ2v) is 5.79. The van der Waals surface area contributed by atoms with Crippen molar-refractivity contribution >= 4 is 17.2 Å². The number of nitrogens with one attached hydrogen (secondary N) is 1. The number of carbonyl (C=O) groups excluding carboxylic acids is 1. The molecule has 2 N–H and O–H groups in total. The number of furan rings is 1. The van der Waals surface area contributed by atoms with Gasteiger partial charge in [-0.2, -0.15) is 11.3 Å². The van der Waals surface area contributed by atoms with Gasteiger partial charge in [0.05, 0.1) is 18.4 Å². The van der Waals surface area contributed by atoms with E-state index in [0.29, 0.717) is 11.3 Å². The zero-order valence-corrected chi connectivity index (χ0v) is 12.8. The minimum atomic E-state index is -1.51. The Morgan fingerprint density at radius 3 is 2.74 bits per heavy atom. The second-order valence-electron chi connectivity index (χ2n) is 5.01. The minimum absolute atomic E-state index is 0.0698. The highest BCUT2D eigenvalue weighted by Crippen LogP contribution is 2.31. The van der Waals surface area contributed by atoms with Crippen molar-refractivity contribution in [3.8, 4) is 0 Å². The van der Waals surface area contributed by atoms with Crippen LogP contribution in [0.15, 0.2) is 63.9 Å². The van der Waals surface area contributed by atoms with Crippen LogP contribution in [0.5, 0.6) is 0 Å². The molecule has 2 aromatic heterocycles. The SMILES string of the molecule is O=C(NC[C@@](O)(c1ccsc1)c1ccco1)c1ccccc1F. The molecule has 0 aliphatic heterocycles. The Morgan fingerprint density at radius 1 is 1.26 bits per heavy atom. The molecule has 2 heterocycles. The normalized spacial score (nSPS) is 13.5. The van der Waals surface area contributed by atoms with Gasteiger partial charge < -0.3 is 14.8 Å². The van der Waals surface area contributed by atoms with E-state index >= 15 is 0 Å². The lowest BCUT2D eigenvalue weighted by atomic mass is 9.93. The molecular formula is C17H14FNO3S. The van der Waals surface area contributed by atoms with Gasteiger partial charge in [-0.3, -0.25) is 4.79 Å². The minimum Gasteiger partial charge on any atom is -0.466 e. The van der Waals surface area contributed by atoms with Crippen molar-refractivity contribution in [1.82, 2.24) is 5.32 Å². The van der Waals surface area contributed by atoms with Crippen LogP contribution in [0, 0.1) is 5.82 Å². The molecule has 6 heteroatoms. The van der Waals surface area contributed by atoms with Crippen LogP contribution >= 0.6 is 11.3 Å². The Balaban J connectivity index is 1.84. The Kier molecular flexibility index (Phi) is 4.27. The maximum atomic E-state index is 13.7. The number of halogens is 1. The number of carbonyl (C=O) groups is 1. The van der Waals surface area contributed by atoms with Gasteiger partial charge in [-0.15, -0.1) is 0 Å². The highest BCUT2D eigenvalue weighted by atomic mass is 32.1. The van der Waals surface area contributed by atoms with Gasteiger partial charge in [0.2, 0.25) is 0 Å². The number of benzene rings is 1. The van der Waals surface area contributed by atoms with Crippen molar-refractivity contribution in [3.05, 3.63) is 82.2 Å². The third-order valence-corrected chi connectivity index (χ3v) is 4.23. The molecule has 118 valence electrons. The number of hydrogen-bond donors (Lipinski definition) is 2. The molecule has 0 saturated carbocycles. The van der Waals surface area contributed by atoms with E-state index in [1.165, 1.54) is 35.8 Å². The van der Waals surface area contributed by atoms with Gasteiger partial charge in [-0.05, 0) is 41.1 Å². The van der Waals surface area contributed by atoms with Crippen LogP contribution in [0.2, 0.25) is 0 Å². The fourth-order valence-electron chi connectivity index (χ4n) is 2.29. The number of aliphatic hydroxyl groups is 1. The maximum Gasteiger partial charge on any atom is 0.254 e. The quantitative estimate of drug-likeness (QED) is 0.755. The summed E-state index contributed by atoms with van der Waals surface area (Å²) in [5.74, 6) is -0.893. The van der Waals surface area contributed by atoms with Gasteiger partial charge in [0, 0.05) is 5.56 Å². The van der Waals surface area contributed by atoms with Crippen molar-refractivity contribution in [1.29, 1.82) is 0 Å². The monoisotopic (exact) mass is 331 g/mol. The van der Waals surface area contributed by atoms with Gasteiger partial charge in [0.25, 0.3) is 5.91 Å². The molecule has 0 spiro atoms. The van der Waals surface area contributed by atoms with Crippen molar-refractivity contribution in [2.24, 2.45) is 0 Å². The fourth-order valence-corrected chi connectivity index (χ4v) is 3.02. The fraction of sp³-hybridized carbons (Fsp3) is 0.118. The molecule has 0 fully saturated rings. The molecule has 1 amide bonds. The third kappa shape index (κ3) is 3.04. The Hall–Kier alpha value is -2.44. The van der Waals surface area contributed by atoms with E-state index in [9.17, 15) is 14.3 Å². The molecule has 3 aromatic rings. The molecule has 1 atom stereocenters. The molecule has 0 bridgehead atoms. The number of rotatable bonds is 5. The maximum absolute atomic E-state index is 13.7. The number of hydrogen-bond acceptors (Lipinski definition) is 4. The summed E-state index contributed by atoms with van der Waals surface area (Å²) in [6.07, 6.45) is 1.45. The van der Waals surface area contributed by atoms with E-state index in [4.69, 9.17) is 4.42 Å². The van der Waals surface area contributed by atoms with Crippen molar-refractivity contribution in [2.75, 3.05) is 6.54 Å². The summed E-state index contributed by atoms with van der Waals surface area (Å²) < 4.78 is 19.0. The van der Waals surface area contributed by atoms with E-state index in [0.717, 1.165) is 0 Å². The standard InChI is InChI=1S/C17H14FNO3S/c18-14-5-2-1-4-13(14)16(20)19-11-17(21,12-7-9-23-10-12)15-6-3-8-22-15/h1-10,21H,11H2,(H,19,20)/t17-/m1/s1. The molecule has 0 aliphatic carbocycles. The predicted octanol–water partition coefficient (Wildman–Crippen LogP) is 3.15. The molecule has 1 aromatic carbocycles. The zero-order chi connectivity index (χ0) is 16.3. The van der Waals surface area contributed by atoms with Crippen molar-refractivity contribution in [2.45, 2.75) is 5.60 Å². The first-order chi connectivity index (χ1) is 11.1. The highest BCUT2D eigenvalue weighted by Gasteiger charge is 2.35. The molecule has 0 radical (unpaired) electrons. The van der Waals surface area contributed by atoms with Gasteiger partial charge in [0.15, 0.2) is 5.60 Å². The zero-order valence-electron chi connectivity index (χ0n) is 12.0. The van der Waals surface area contributed by atoms with Crippen LogP contribution in [0.4, 0.5) is 4.39 Å². The van der Waals surface area contributed by atoms with Crippen LogP contribution in [-0.2, 0) is 5.60 Å². The molecule has 4 nitrogen and oxygen atoms in total. The van der Waals surface area contributed by atoms with Crippen LogP contribution in [0.25, 0.3) is 0 Å².